The van der Waals surface area contributed by atoms with Gasteiger partial charge in [-0.1, -0.05) is 24.3 Å². The van der Waals surface area contributed by atoms with Crippen LogP contribution in [0.4, 0.5) is 11.4 Å². The van der Waals surface area contributed by atoms with E-state index in [1.54, 1.807) is 0 Å². The molecule has 0 aromatic heterocycles. The topological polar surface area (TPSA) is 99.7 Å². The van der Waals surface area contributed by atoms with E-state index >= 15 is 0 Å². The Morgan fingerprint density at radius 1 is 1.09 bits per heavy atom. The van der Waals surface area contributed by atoms with Gasteiger partial charge in [0.15, 0.2) is 0 Å². The van der Waals surface area contributed by atoms with Gasteiger partial charge in [0.2, 0.25) is 0 Å². The molecule has 0 fully saturated rings. The van der Waals surface area contributed by atoms with Gasteiger partial charge >= 0.3 is 5.97 Å². The third-order valence-electron chi connectivity index (χ3n) is 2.57. The van der Waals surface area contributed by atoms with Crippen molar-refractivity contribution in [2.45, 2.75) is 13.8 Å². The van der Waals surface area contributed by atoms with Crippen LogP contribution in [0.5, 0.6) is 0 Å². The van der Waals surface area contributed by atoms with Crippen LogP contribution in [0.3, 0.4) is 0 Å². The average Bonchev–Trinajstić information content (AvgIpc) is 2.47. The Labute approximate surface area is 141 Å². The summed E-state index contributed by atoms with van der Waals surface area (Å²) in [5.41, 5.74) is 9.21. The second-order valence-electron chi connectivity index (χ2n) is 4.59. The number of rotatable bonds is 4. The van der Waals surface area contributed by atoms with Gasteiger partial charge in [-0.3, -0.25) is 11.3 Å². The van der Waals surface area contributed by atoms with Crippen LogP contribution in [0.25, 0.3) is 0 Å². The van der Waals surface area contributed by atoms with Gasteiger partial charge in [0.1, 0.15) is 6.21 Å². The molecular weight excluding hydrogens is 316 g/mol. The Bertz CT molecular complexity index is 647. The van der Waals surface area contributed by atoms with E-state index in [2.05, 4.69) is 16.0 Å². The van der Waals surface area contributed by atoms with Crippen LogP contribution >= 0.6 is 12.4 Å². The Kier molecular flexibility index (Phi) is 9.82. The molecule has 6 nitrogen and oxygen atoms in total. The fourth-order valence-corrected chi connectivity index (χ4v) is 1.61. The molecule has 0 saturated heterocycles. The zero-order valence-corrected chi connectivity index (χ0v) is 13.8. The van der Waals surface area contributed by atoms with Crippen LogP contribution in [-0.2, 0) is 4.79 Å². The monoisotopic (exact) mass is 336 g/mol. The van der Waals surface area contributed by atoms with Crippen molar-refractivity contribution in [3.63, 3.8) is 0 Å². The minimum atomic E-state index is -1.07. The minimum absolute atomic E-state index is 0. The number of nitrogens with two attached hydrogens (primary N) is 1. The number of aliphatic carboxylic acids is 1. The third-order valence-corrected chi connectivity index (χ3v) is 2.57. The second-order valence-corrected chi connectivity index (χ2v) is 4.59. The first-order valence-corrected chi connectivity index (χ1v) is 6.63. The number of hydrogen-bond acceptors (Lipinski definition) is 5. The average molecular weight is 337 g/mol. The minimum Gasteiger partial charge on any atom is -0.477 e. The summed E-state index contributed by atoms with van der Waals surface area (Å²) < 4.78 is 0. The summed E-state index contributed by atoms with van der Waals surface area (Å²) in [5.74, 6) is 4.10. The molecule has 0 amide bonds. The van der Waals surface area contributed by atoms with Gasteiger partial charge < -0.3 is 10.5 Å². The lowest BCUT2D eigenvalue weighted by molar-refractivity contribution is -0.128. The van der Waals surface area contributed by atoms with Crippen LogP contribution in [0.2, 0.25) is 0 Å². The van der Waals surface area contributed by atoms with Crippen LogP contribution < -0.4 is 16.7 Å². The first kappa shape index (κ1) is 20.4. The third kappa shape index (κ3) is 9.13. The van der Waals surface area contributed by atoms with Crippen molar-refractivity contribution in [2.24, 2.45) is 10.9 Å². The van der Waals surface area contributed by atoms with E-state index in [0.29, 0.717) is 0 Å². The maximum Gasteiger partial charge on any atom is 0.348 e. The molecule has 0 radical (unpaired) electrons. The van der Waals surface area contributed by atoms with Crippen LogP contribution in [0, 0.1) is 13.8 Å². The summed E-state index contributed by atoms with van der Waals surface area (Å²) in [6, 6.07) is 15.4. The van der Waals surface area contributed by atoms with E-state index in [1.807, 2.05) is 62.4 Å². The SMILES string of the molecule is Cc1cccc(NN)c1.Cc1cccc(NN=CC(=O)O)c1.Cl. The van der Waals surface area contributed by atoms with Crippen molar-refractivity contribution in [2.75, 3.05) is 10.9 Å². The molecule has 0 atom stereocenters. The molecule has 23 heavy (non-hydrogen) atoms. The molecule has 2 rings (SSSR count). The summed E-state index contributed by atoms with van der Waals surface area (Å²) in [6.45, 7) is 3.98. The first-order chi connectivity index (χ1) is 10.5. The lowest BCUT2D eigenvalue weighted by atomic mass is 10.2. The van der Waals surface area contributed by atoms with E-state index in [0.717, 1.165) is 23.2 Å². The zero-order valence-electron chi connectivity index (χ0n) is 13.0. The number of hydrogen-bond donors (Lipinski definition) is 4. The second kappa shape index (κ2) is 11.1. The van der Waals surface area contributed by atoms with Gasteiger partial charge in [-0.15, -0.1) is 12.4 Å². The number of carboxylic acids is 1. The number of carboxylic acid groups (broad SMARTS) is 1. The summed E-state index contributed by atoms with van der Waals surface area (Å²) in [4.78, 5) is 10.1. The number of aryl methyl sites for hydroxylation is 2. The number of nitrogen functional groups attached to an aromatic ring is 1. The molecule has 7 heteroatoms. The number of nitrogens with one attached hydrogen (secondary N) is 2. The van der Waals surface area contributed by atoms with Crippen molar-refractivity contribution >= 4 is 36.0 Å². The van der Waals surface area contributed by atoms with Crippen LogP contribution in [0.15, 0.2) is 53.6 Å². The molecule has 0 spiro atoms. The van der Waals surface area contributed by atoms with Gasteiger partial charge in [0.05, 0.1) is 5.69 Å². The molecule has 0 bridgehead atoms. The number of nitrogens with zero attached hydrogens (tertiary/aromatic N) is 1. The first-order valence-electron chi connectivity index (χ1n) is 6.63. The number of halogens is 1. The molecule has 2 aromatic rings. The highest BCUT2D eigenvalue weighted by atomic mass is 35.5. The molecule has 0 aliphatic heterocycles. The number of hydrazine groups is 1. The van der Waals surface area contributed by atoms with E-state index in [1.165, 1.54) is 5.56 Å². The summed E-state index contributed by atoms with van der Waals surface area (Å²) >= 11 is 0. The van der Waals surface area contributed by atoms with E-state index in [9.17, 15) is 4.79 Å². The fourth-order valence-electron chi connectivity index (χ4n) is 1.61. The summed E-state index contributed by atoms with van der Waals surface area (Å²) in [5, 5.41) is 11.8. The quantitative estimate of drug-likeness (QED) is 0.390. The van der Waals surface area contributed by atoms with Gasteiger partial charge in [0.25, 0.3) is 0 Å². The van der Waals surface area contributed by atoms with E-state index < -0.39 is 5.97 Å². The predicted molar refractivity (Wildman–Crippen MR) is 97.2 cm³/mol. The number of hydrazone groups is 1. The summed E-state index contributed by atoms with van der Waals surface area (Å²) in [6.07, 6.45) is 0.808. The smallest absolute Gasteiger partial charge is 0.348 e. The van der Waals surface area contributed by atoms with Crippen molar-refractivity contribution in [3.8, 4) is 0 Å². The van der Waals surface area contributed by atoms with Crippen LogP contribution in [-0.4, -0.2) is 17.3 Å². The highest BCUT2D eigenvalue weighted by molar-refractivity contribution is 6.22. The van der Waals surface area contributed by atoms with Gasteiger partial charge in [-0.2, -0.15) is 5.10 Å². The number of benzene rings is 2. The van der Waals surface area contributed by atoms with Crippen molar-refractivity contribution in [1.82, 2.24) is 0 Å². The molecule has 124 valence electrons. The Morgan fingerprint density at radius 2 is 1.61 bits per heavy atom. The van der Waals surface area contributed by atoms with Crippen molar-refractivity contribution in [1.29, 1.82) is 0 Å². The van der Waals surface area contributed by atoms with E-state index in [-0.39, 0.29) is 12.4 Å². The number of carbonyl (C=O) groups is 1. The molecule has 5 N–H and O–H groups in total. The van der Waals surface area contributed by atoms with E-state index in [4.69, 9.17) is 10.9 Å². The Balaban J connectivity index is 0.000000427. The van der Waals surface area contributed by atoms with Gasteiger partial charge in [0, 0.05) is 5.69 Å². The molecule has 2 aromatic carbocycles. The fraction of sp³-hybridized carbons (Fsp3) is 0.125. The van der Waals surface area contributed by atoms with Gasteiger partial charge in [-0.05, 0) is 49.2 Å². The summed E-state index contributed by atoms with van der Waals surface area (Å²) in [7, 11) is 0. The zero-order chi connectivity index (χ0) is 16.4. The molecule has 0 saturated carbocycles. The lowest BCUT2D eigenvalue weighted by Crippen LogP contribution is -2.06. The highest BCUT2D eigenvalue weighted by Gasteiger charge is 1.90. The molecule has 0 aliphatic rings. The predicted octanol–water partition coefficient (Wildman–Crippen LogP) is 3.18. The maximum absolute atomic E-state index is 10.1. The Morgan fingerprint density at radius 3 is 2.04 bits per heavy atom. The highest BCUT2D eigenvalue weighted by Crippen LogP contribution is 2.08. The van der Waals surface area contributed by atoms with Crippen molar-refractivity contribution in [3.05, 3.63) is 59.7 Å². The normalized spacial score (nSPS) is 9.35. The molecular formula is C16H21ClN4O2. The standard InChI is InChI=1S/C9H10N2O2.C7H10N2.ClH/c1-7-3-2-4-8(5-7)11-10-6-9(12)13;1-6-3-2-4-7(5-6)9-8;/h2-6,11H,1H3,(H,12,13);2-5,9H,8H2,1H3;1H. The lowest BCUT2D eigenvalue weighted by Gasteiger charge is -1.99. The van der Waals surface area contributed by atoms with Crippen LogP contribution in [0.1, 0.15) is 11.1 Å². The van der Waals surface area contributed by atoms with Crippen molar-refractivity contribution < 1.29 is 9.90 Å². The largest absolute Gasteiger partial charge is 0.477 e. The van der Waals surface area contributed by atoms with Gasteiger partial charge in [-0.25, -0.2) is 4.79 Å². The number of anilines is 2. The molecule has 0 heterocycles. The molecule has 0 aliphatic carbocycles. The molecule has 0 unspecified atom stereocenters. The maximum atomic E-state index is 10.1. The Hall–Kier alpha value is -2.57.